The highest BCUT2D eigenvalue weighted by atomic mass is 19.1. The molecule has 1 atom stereocenters. The summed E-state index contributed by atoms with van der Waals surface area (Å²) < 4.78 is 38.3. The first-order valence-electron chi connectivity index (χ1n) is 9.35. The van der Waals surface area contributed by atoms with Crippen LogP contribution < -0.4 is 4.74 Å². The second-order valence-electron chi connectivity index (χ2n) is 6.73. The van der Waals surface area contributed by atoms with E-state index in [9.17, 15) is 13.6 Å². The molecule has 1 fully saturated rings. The number of benzene rings is 2. The van der Waals surface area contributed by atoms with Gasteiger partial charge in [-0.25, -0.2) is 8.78 Å². The molecule has 150 valence electrons. The predicted molar refractivity (Wildman–Crippen MR) is 99.8 cm³/mol. The molecule has 0 N–H and O–H groups in total. The fourth-order valence-corrected chi connectivity index (χ4v) is 3.39. The zero-order valence-electron chi connectivity index (χ0n) is 15.8. The number of amides is 1. The Hall–Kier alpha value is -3.29. The van der Waals surface area contributed by atoms with Gasteiger partial charge in [-0.05, 0) is 55.8 Å². The van der Waals surface area contributed by atoms with E-state index < -0.39 is 17.7 Å². The molecule has 29 heavy (non-hydrogen) atoms. The third-order valence-corrected chi connectivity index (χ3v) is 4.83. The van der Waals surface area contributed by atoms with Gasteiger partial charge in [0, 0.05) is 24.1 Å². The molecule has 0 aliphatic carbocycles. The van der Waals surface area contributed by atoms with Crippen molar-refractivity contribution in [2.24, 2.45) is 0 Å². The van der Waals surface area contributed by atoms with E-state index in [0.717, 1.165) is 29.5 Å². The molecule has 1 amide bonds. The van der Waals surface area contributed by atoms with Gasteiger partial charge in [-0.3, -0.25) is 4.79 Å². The monoisotopic (exact) mass is 399 g/mol. The van der Waals surface area contributed by atoms with Crippen LogP contribution in [0.3, 0.4) is 0 Å². The Morgan fingerprint density at radius 2 is 2.00 bits per heavy atom. The quantitative estimate of drug-likeness (QED) is 0.619. The van der Waals surface area contributed by atoms with E-state index in [4.69, 9.17) is 9.26 Å². The molecule has 0 bridgehead atoms. The third kappa shape index (κ3) is 3.96. The summed E-state index contributed by atoms with van der Waals surface area (Å²) in [5.74, 6) is 0.116. The Morgan fingerprint density at radius 3 is 2.76 bits per heavy atom. The van der Waals surface area contributed by atoms with Crippen molar-refractivity contribution in [3.63, 3.8) is 0 Å². The van der Waals surface area contributed by atoms with E-state index in [1.54, 1.807) is 0 Å². The maximum Gasteiger partial charge on any atom is 0.249 e. The molecule has 8 heteroatoms. The van der Waals surface area contributed by atoms with Gasteiger partial charge in [0.1, 0.15) is 23.4 Å². The summed E-state index contributed by atoms with van der Waals surface area (Å²) in [6.45, 7) is 2.42. The van der Waals surface area contributed by atoms with Gasteiger partial charge < -0.3 is 14.2 Å². The lowest BCUT2D eigenvalue weighted by Crippen LogP contribution is -2.27. The Balaban J connectivity index is 1.55. The van der Waals surface area contributed by atoms with Crippen LogP contribution in [0.15, 0.2) is 47.0 Å². The lowest BCUT2D eigenvalue weighted by Gasteiger charge is -2.22. The Labute approximate surface area is 166 Å². The number of carbonyl (C=O) groups excluding carboxylic acids is 1. The molecule has 3 aromatic rings. The molecule has 2 aromatic carbocycles. The Kier molecular flexibility index (Phi) is 5.24. The van der Waals surface area contributed by atoms with Crippen LogP contribution >= 0.6 is 0 Å². The summed E-state index contributed by atoms with van der Waals surface area (Å²) in [6, 6.07) is 9.98. The zero-order chi connectivity index (χ0) is 20.4. The van der Waals surface area contributed by atoms with Crippen LogP contribution in [0.4, 0.5) is 8.78 Å². The molecule has 0 radical (unpaired) electrons. The molecule has 1 unspecified atom stereocenters. The lowest BCUT2D eigenvalue weighted by atomic mass is 10.1. The smallest absolute Gasteiger partial charge is 0.249 e. The first-order valence-corrected chi connectivity index (χ1v) is 9.35. The SMILES string of the molecule is CCOc1ccc(-c2noc(C3CCC(=O)N3Cc3cc(F)ccc3F)n2)cc1. The highest BCUT2D eigenvalue weighted by molar-refractivity contribution is 5.78. The number of rotatable bonds is 6. The molecule has 0 saturated carbocycles. The van der Waals surface area contributed by atoms with Gasteiger partial charge in [0.25, 0.3) is 0 Å². The average Bonchev–Trinajstić information content (AvgIpc) is 3.33. The minimum atomic E-state index is -0.564. The summed E-state index contributed by atoms with van der Waals surface area (Å²) in [4.78, 5) is 18.2. The fraction of sp³-hybridized carbons (Fsp3) is 0.286. The summed E-state index contributed by atoms with van der Waals surface area (Å²) in [5, 5.41) is 4.01. The minimum Gasteiger partial charge on any atom is -0.494 e. The summed E-state index contributed by atoms with van der Waals surface area (Å²) in [7, 11) is 0. The van der Waals surface area contributed by atoms with Crippen molar-refractivity contribution >= 4 is 5.91 Å². The normalized spacial score (nSPS) is 16.4. The van der Waals surface area contributed by atoms with E-state index in [1.807, 2.05) is 31.2 Å². The Morgan fingerprint density at radius 1 is 1.21 bits per heavy atom. The Bertz CT molecular complexity index is 1020. The van der Waals surface area contributed by atoms with E-state index in [-0.39, 0.29) is 30.3 Å². The predicted octanol–water partition coefficient (Wildman–Crippen LogP) is 4.28. The van der Waals surface area contributed by atoms with E-state index in [1.165, 1.54) is 4.90 Å². The van der Waals surface area contributed by atoms with Crippen molar-refractivity contribution < 1.29 is 22.8 Å². The molecule has 1 saturated heterocycles. The lowest BCUT2D eigenvalue weighted by molar-refractivity contribution is -0.130. The molecule has 1 aliphatic rings. The van der Waals surface area contributed by atoms with Gasteiger partial charge >= 0.3 is 0 Å². The number of nitrogens with zero attached hydrogens (tertiary/aromatic N) is 3. The number of hydrogen-bond donors (Lipinski definition) is 0. The number of ether oxygens (including phenoxy) is 1. The standard InChI is InChI=1S/C21H19F2N3O3/c1-2-28-16-6-3-13(4-7-16)20-24-21(29-25-20)18-9-10-19(27)26(18)12-14-11-15(22)5-8-17(14)23/h3-8,11,18H,2,9-10,12H2,1H3. The van der Waals surface area contributed by atoms with Crippen LogP contribution in [0.25, 0.3) is 11.4 Å². The first-order chi connectivity index (χ1) is 14.0. The van der Waals surface area contributed by atoms with Crippen molar-refractivity contribution in [3.05, 3.63) is 65.6 Å². The topological polar surface area (TPSA) is 68.5 Å². The maximum absolute atomic E-state index is 14.0. The molecule has 6 nitrogen and oxygen atoms in total. The average molecular weight is 399 g/mol. The van der Waals surface area contributed by atoms with Gasteiger partial charge in [-0.2, -0.15) is 4.98 Å². The molecule has 4 rings (SSSR count). The summed E-state index contributed by atoms with van der Waals surface area (Å²) in [5.41, 5.74) is 0.854. The van der Waals surface area contributed by atoms with Crippen LogP contribution in [0.1, 0.15) is 37.3 Å². The van der Waals surface area contributed by atoms with Gasteiger partial charge in [-0.1, -0.05) is 5.16 Å². The molecular weight excluding hydrogens is 380 g/mol. The van der Waals surface area contributed by atoms with E-state index >= 15 is 0 Å². The minimum absolute atomic E-state index is 0.0616. The molecular formula is C21H19F2N3O3. The van der Waals surface area contributed by atoms with Crippen LogP contribution in [0.2, 0.25) is 0 Å². The van der Waals surface area contributed by atoms with Gasteiger partial charge in [0.05, 0.1) is 6.61 Å². The van der Waals surface area contributed by atoms with Gasteiger partial charge in [-0.15, -0.1) is 0 Å². The van der Waals surface area contributed by atoms with Crippen LogP contribution in [-0.2, 0) is 11.3 Å². The first kappa shape index (κ1) is 19.0. The highest BCUT2D eigenvalue weighted by Crippen LogP contribution is 2.34. The number of likely N-dealkylation sites (tertiary alicyclic amines) is 1. The molecule has 1 aromatic heterocycles. The molecule has 0 spiro atoms. The van der Waals surface area contributed by atoms with Crippen LogP contribution in [0, 0.1) is 11.6 Å². The third-order valence-electron chi connectivity index (χ3n) is 4.83. The zero-order valence-corrected chi connectivity index (χ0v) is 15.8. The van der Waals surface area contributed by atoms with Crippen molar-refractivity contribution in [1.29, 1.82) is 0 Å². The van der Waals surface area contributed by atoms with E-state index in [2.05, 4.69) is 10.1 Å². The van der Waals surface area contributed by atoms with Crippen molar-refractivity contribution in [1.82, 2.24) is 15.0 Å². The maximum atomic E-state index is 14.0. The van der Waals surface area contributed by atoms with Crippen molar-refractivity contribution in [2.45, 2.75) is 32.4 Å². The summed E-state index contributed by atoms with van der Waals surface area (Å²) >= 11 is 0. The van der Waals surface area contributed by atoms with Gasteiger partial charge in [0.2, 0.25) is 17.6 Å². The van der Waals surface area contributed by atoms with Crippen molar-refractivity contribution in [3.8, 4) is 17.1 Å². The fourth-order valence-electron chi connectivity index (χ4n) is 3.39. The largest absolute Gasteiger partial charge is 0.494 e. The van der Waals surface area contributed by atoms with Crippen LogP contribution in [-0.4, -0.2) is 27.6 Å². The number of aromatic nitrogens is 2. The second-order valence-corrected chi connectivity index (χ2v) is 6.73. The molecule has 1 aliphatic heterocycles. The van der Waals surface area contributed by atoms with Crippen molar-refractivity contribution in [2.75, 3.05) is 6.61 Å². The van der Waals surface area contributed by atoms with Crippen LogP contribution in [0.5, 0.6) is 5.75 Å². The molecule has 2 heterocycles. The second kappa shape index (κ2) is 7.98. The number of carbonyl (C=O) groups is 1. The van der Waals surface area contributed by atoms with Gasteiger partial charge in [0.15, 0.2) is 0 Å². The summed E-state index contributed by atoms with van der Waals surface area (Å²) in [6.07, 6.45) is 0.753. The van der Waals surface area contributed by atoms with E-state index in [0.29, 0.717) is 18.9 Å². The highest BCUT2D eigenvalue weighted by Gasteiger charge is 2.36. The number of halogens is 2. The number of hydrogen-bond acceptors (Lipinski definition) is 5.